The first-order chi connectivity index (χ1) is 9.53. The van der Waals surface area contributed by atoms with Gasteiger partial charge in [0.05, 0.1) is 18.1 Å². The number of rotatable bonds is 5. The van der Waals surface area contributed by atoms with Crippen molar-refractivity contribution >= 4 is 37.5 Å². The normalized spacial score (nSPS) is 11.1. The van der Waals surface area contributed by atoms with Gasteiger partial charge in [-0.3, -0.25) is 4.72 Å². The van der Waals surface area contributed by atoms with Gasteiger partial charge in [-0.25, -0.2) is 23.4 Å². The first-order valence-corrected chi connectivity index (χ1v) is 7.98. The molecule has 2 N–H and O–H groups in total. The molecule has 0 radical (unpaired) electrons. The lowest BCUT2D eigenvalue weighted by molar-refractivity contribution is 0.601. The molecule has 0 unspecified atom stereocenters. The van der Waals surface area contributed by atoms with Crippen LogP contribution in [-0.2, 0) is 10.0 Å². The summed E-state index contributed by atoms with van der Waals surface area (Å²) in [6.45, 7) is 2.42. The molecule has 0 atom stereocenters. The summed E-state index contributed by atoms with van der Waals surface area (Å²) in [5.74, 6) is 0.292. The fourth-order valence-electron chi connectivity index (χ4n) is 1.49. The van der Waals surface area contributed by atoms with E-state index in [0.29, 0.717) is 16.8 Å². The minimum atomic E-state index is -3.77. The van der Waals surface area contributed by atoms with Crippen molar-refractivity contribution < 1.29 is 8.42 Å². The zero-order chi connectivity index (χ0) is 14.6. The average molecular weight is 358 g/mol. The Morgan fingerprint density at radius 1 is 1.25 bits per heavy atom. The Balaban J connectivity index is 2.41. The summed E-state index contributed by atoms with van der Waals surface area (Å²) in [6, 6.07) is 1.48. The van der Waals surface area contributed by atoms with Crippen LogP contribution in [-0.4, -0.2) is 29.9 Å². The van der Waals surface area contributed by atoms with Gasteiger partial charge in [0.2, 0.25) is 0 Å². The van der Waals surface area contributed by atoms with Crippen molar-refractivity contribution in [2.75, 3.05) is 16.6 Å². The maximum Gasteiger partial charge on any atom is 0.265 e. The Morgan fingerprint density at radius 2 is 1.95 bits per heavy atom. The lowest BCUT2D eigenvalue weighted by Gasteiger charge is -2.12. The van der Waals surface area contributed by atoms with E-state index < -0.39 is 10.0 Å². The first kappa shape index (κ1) is 14.7. The summed E-state index contributed by atoms with van der Waals surface area (Å²) < 4.78 is 27.7. The van der Waals surface area contributed by atoms with Gasteiger partial charge in [-0.15, -0.1) is 0 Å². The summed E-state index contributed by atoms with van der Waals surface area (Å²) in [4.78, 5) is 11.6. The molecule has 0 amide bonds. The molecule has 0 aromatic carbocycles. The van der Waals surface area contributed by atoms with Crippen molar-refractivity contribution in [3.63, 3.8) is 0 Å². The largest absolute Gasteiger partial charge is 0.369 e. The number of sulfonamides is 1. The second-order valence-electron chi connectivity index (χ2n) is 3.76. The Labute approximate surface area is 125 Å². The molecule has 0 aliphatic carbocycles. The Kier molecular flexibility index (Phi) is 4.50. The van der Waals surface area contributed by atoms with Crippen molar-refractivity contribution in [2.24, 2.45) is 0 Å². The zero-order valence-corrected chi connectivity index (χ0v) is 12.9. The maximum atomic E-state index is 12.4. The Hall–Kier alpha value is -1.74. The summed E-state index contributed by atoms with van der Waals surface area (Å²) in [7, 11) is -3.77. The number of pyridine rings is 1. The standard InChI is InChI=1S/C11H12BrN5O2S/c1-2-15-11-10(3-8(12)4-16-11)20(18,19)17-9-5-13-7-14-6-9/h3-7,17H,2H2,1H3,(H,15,16). The minimum absolute atomic E-state index is 0.0533. The van der Waals surface area contributed by atoms with Gasteiger partial charge in [0.15, 0.2) is 0 Å². The predicted molar refractivity (Wildman–Crippen MR) is 78.9 cm³/mol. The number of nitrogens with zero attached hydrogens (tertiary/aromatic N) is 3. The van der Waals surface area contributed by atoms with Gasteiger partial charge < -0.3 is 5.32 Å². The Bertz CT molecular complexity index is 693. The molecule has 0 aliphatic rings. The Morgan fingerprint density at radius 3 is 2.60 bits per heavy atom. The van der Waals surface area contributed by atoms with E-state index in [2.05, 4.69) is 40.9 Å². The van der Waals surface area contributed by atoms with E-state index in [9.17, 15) is 8.42 Å². The molecule has 106 valence electrons. The van der Waals surface area contributed by atoms with E-state index in [1.165, 1.54) is 31.0 Å². The highest BCUT2D eigenvalue weighted by molar-refractivity contribution is 9.10. The quantitative estimate of drug-likeness (QED) is 0.847. The highest BCUT2D eigenvalue weighted by Gasteiger charge is 2.20. The van der Waals surface area contributed by atoms with Gasteiger partial charge in [0, 0.05) is 17.2 Å². The van der Waals surface area contributed by atoms with E-state index in [4.69, 9.17) is 0 Å². The molecule has 0 fully saturated rings. The second-order valence-corrected chi connectivity index (χ2v) is 6.33. The van der Waals surface area contributed by atoms with Crippen molar-refractivity contribution in [1.29, 1.82) is 0 Å². The van der Waals surface area contributed by atoms with Crippen LogP contribution >= 0.6 is 15.9 Å². The van der Waals surface area contributed by atoms with Crippen LogP contribution in [0.5, 0.6) is 0 Å². The molecule has 2 aromatic rings. The zero-order valence-electron chi connectivity index (χ0n) is 10.5. The summed E-state index contributed by atoms with van der Waals surface area (Å²) in [5.41, 5.74) is 0.287. The lowest BCUT2D eigenvalue weighted by atomic mass is 10.4. The van der Waals surface area contributed by atoms with Gasteiger partial charge in [-0.05, 0) is 28.9 Å². The van der Waals surface area contributed by atoms with E-state index >= 15 is 0 Å². The number of hydrogen-bond acceptors (Lipinski definition) is 6. The summed E-state index contributed by atoms with van der Waals surface area (Å²) >= 11 is 3.22. The number of halogens is 1. The molecule has 0 aliphatic heterocycles. The third kappa shape index (κ3) is 3.42. The van der Waals surface area contributed by atoms with E-state index in [1.54, 1.807) is 0 Å². The van der Waals surface area contributed by atoms with Crippen LogP contribution in [0.4, 0.5) is 11.5 Å². The molecule has 7 nitrogen and oxygen atoms in total. The van der Waals surface area contributed by atoms with E-state index in [0.717, 1.165) is 0 Å². The van der Waals surface area contributed by atoms with Crippen molar-refractivity contribution in [3.05, 3.63) is 35.5 Å². The van der Waals surface area contributed by atoms with Gasteiger partial charge >= 0.3 is 0 Å². The average Bonchev–Trinajstić information content (AvgIpc) is 2.41. The van der Waals surface area contributed by atoms with Crippen LogP contribution in [0.25, 0.3) is 0 Å². The van der Waals surface area contributed by atoms with Gasteiger partial charge in [0.1, 0.15) is 17.0 Å². The molecule has 9 heteroatoms. The molecule has 0 spiro atoms. The molecule has 0 bridgehead atoms. The molecule has 2 rings (SSSR count). The molecular formula is C11H12BrN5O2S. The van der Waals surface area contributed by atoms with Crippen molar-refractivity contribution in [3.8, 4) is 0 Å². The molecule has 0 saturated heterocycles. The molecule has 20 heavy (non-hydrogen) atoms. The highest BCUT2D eigenvalue weighted by Crippen LogP contribution is 2.24. The van der Waals surface area contributed by atoms with Crippen molar-refractivity contribution in [1.82, 2.24) is 15.0 Å². The van der Waals surface area contributed by atoms with Crippen LogP contribution < -0.4 is 10.0 Å². The van der Waals surface area contributed by atoms with Gasteiger partial charge in [0.25, 0.3) is 10.0 Å². The number of hydrogen-bond donors (Lipinski definition) is 2. The predicted octanol–water partition coefficient (Wildman–Crippen LogP) is 1.87. The molecular weight excluding hydrogens is 346 g/mol. The van der Waals surface area contributed by atoms with Crippen LogP contribution in [0.2, 0.25) is 0 Å². The lowest BCUT2D eigenvalue weighted by Crippen LogP contribution is -2.16. The van der Waals surface area contributed by atoms with E-state index in [1.807, 2.05) is 6.92 Å². The van der Waals surface area contributed by atoms with Crippen LogP contribution in [0, 0.1) is 0 Å². The fraction of sp³-hybridized carbons (Fsp3) is 0.182. The number of nitrogens with one attached hydrogen (secondary N) is 2. The number of aromatic nitrogens is 3. The van der Waals surface area contributed by atoms with Gasteiger partial charge in [-0.1, -0.05) is 0 Å². The summed E-state index contributed by atoms with van der Waals surface area (Å²) in [5, 5.41) is 2.91. The third-order valence-corrected chi connectivity index (χ3v) is 4.09. The topological polar surface area (TPSA) is 96.9 Å². The van der Waals surface area contributed by atoms with E-state index in [-0.39, 0.29) is 10.6 Å². The van der Waals surface area contributed by atoms with Crippen LogP contribution in [0.3, 0.4) is 0 Å². The van der Waals surface area contributed by atoms with Crippen molar-refractivity contribution in [2.45, 2.75) is 11.8 Å². The summed E-state index contributed by atoms with van der Waals surface area (Å²) in [6.07, 6.45) is 5.61. The van der Waals surface area contributed by atoms with Crippen LogP contribution in [0.1, 0.15) is 6.92 Å². The SMILES string of the molecule is CCNc1ncc(Br)cc1S(=O)(=O)Nc1cncnc1. The molecule has 2 aromatic heterocycles. The smallest absolute Gasteiger partial charge is 0.265 e. The highest BCUT2D eigenvalue weighted by atomic mass is 79.9. The van der Waals surface area contributed by atoms with Crippen LogP contribution in [0.15, 0.2) is 40.4 Å². The fourth-order valence-corrected chi connectivity index (χ4v) is 3.16. The maximum absolute atomic E-state index is 12.4. The molecule has 2 heterocycles. The van der Waals surface area contributed by atoms with Gasteiger partial charge in [-0.2, -0.15) is 0 Å². The second kappa shape index (κ2) is 6.14. The molecule has 0 saturated carbocycles. The third-order valence-electron chi connectivity index (χ3n) is 2.27. The monoisotopic (exact) mass is 357 g/mol. The number of anilines is 2. The minimum Gasteiger partial charge on any atom is -0.369 e. The first-order valence-electron chi connectivity index (χ1n) is 5.70.